The monoisotopic (exact) mass is 420 g/mol. The molecule has 11 nitrogen and oxygen atoms in total. The van der Waals surface area contributed by atoms with E-state index in [2.05, 4.69) is 15.3 Å². The van der Waals surface area contributed by atoms with Gasteiger partial charge in [-0.15, -0.1) is 0 Å². The van der Waals surface area contributed by atoms with Crippen LogP contribution >= 0.6 is 0 Å². The standard InChI is InChI=1S/C18H25FN8O3/c1-2-12(15(21)28)25-18(23)26-17(14(20)16(22)29)24-10-3-4-13(11(19)9-10)27-5-7-30-8-6-27/h3-4,9,12,20H,2,5-8H2,1H3,(H2,21,28)(H2,22,29)(H3,23,24,25,26)/t12-/m1/s1. The number of benzene rings is 1. The molecule has 1 fully saturated rings. The number of nitrogens with zero attached hydrogens (tertiary/aromatic N) is 3. The summed E-state index contributed by atoms with van der Waals surface area (Å²) >= 11 is 0. The fraction of sp³-hybridized carbons (Fsp3) is 0.389. The van der Waals surface area contributed by atoms with E-state index in [1.165, 1.54) is 6.07 Å². The van der Waals surface area contributed by atoms with Gasteiger partial charge in [-0.2, -0.15) is 4.99 Å². The molecule has 0 bridgehead atoms. The van der Waals surface area contributed by atoms with Crippen molar-refractivity contribution in [1.82, 2.24) is 0 Å². The van der Waals surface area contributed by atoms with Crippen LogP contribution in [-0.2, 0) is 14.3 Å². The van der Waals surface area contributed by atoms with Gasteiger partial charge in [0.1, 0.15) is 11.9 Å². The van der Waals surface area contributed by atoms with Crippen molar-refractivity contribution in [1.29, 1.82) is 5.41 Å². The number of morpholine rings is 1. The van der Waals surface area contributed by atoms with Crippen molar-refractivity contribution in [3.8, 4) is 0 Å². The molecule has 0 aromatic heterocycles. The van der Waals surface area contributed by atoms with E-state index in [0.717, 1.165) is 0 Å². The second-order valence-corrected chi connectivity index (χ2v) is 6.40. The third-order valence-corrected chi connectivity index (χ3v) is 4.27. The van der Waals surface area contributed by atoms with E-state index in [1.54, 1.807) is 19.1 Å². The zero-order valence-corrected chi connectivity index (χ0v) is 16.5. The summed E-state index contributed by atoms with van der Waals surface area (Å²) in [6, 6.07) is 3.40. The SMILES string of the molecule is CC[C@@H](N=C(N)N=C(Nc1ccc(N2CCOCC2)c(F)c1)C(=N)C(N)=O)C(N)=O. The molecule has 1 aliphatic rings. The number of carbonyl (C=O) groups excluding carboxylic acids is 2. The third-order valence-electron chi connectivity index (χ3n) is 4.27. The quantitative estimate of drug-likeness (QED) is 0.294. The van der Waals surface area contributed by atoms with Gasteiger partial charge in [-0.3, -0.25) is 15.0 Å². The molecule has 1 saturated heterocycles. The Bertz CT molecular complexity index is 880. The van der Waals surface area contributed by atoms with Crippen LogP contribution < -0.4 is 27.4 Å². The number of guanidine groups is 1. The second-order valence-electron chi connectivity index (χ2n) is 6.40. The van der Waals surface area contributed by atoms with Gasteiger partial charge in [0.15, 0.2) is 11.5 Å². The van der Waals surface area contributed by atoms with Crippen molar-refractivity contribution in [2.45, 2.75) is 19.4 Å². The number of carbonyl (C=O) groups is 2. The number of aliphatic imine (C=N–C) groups is 2. The van der Waals surface area contributed by atoms with Crippen LogP contribution in [0.5, 0.6) is 0 Å². The van der Waals surface area contributed by atoms with Crippen LogP contribution in [0.1, 0.15) is 13.3 Å². The summed E-state index contributed by atoms with van der Waals surface area (Å²) in [6.07, 6.45) is 0.287. The first-order valence-electron chi connectivity index (χ1n) is 9.22. The van der Waals surface area contributed by atoms with Crippen LogP contribution in [-0.4, -0.2) is 61.7 Å². The first kappa shape index (κ1) is 22.7. The Labute approximate surface area is 172 Å². The molecule has 0 radical (unpaired) electrons. The van der Waals surface area contributed by atoms with E-state index >= 15 is 0 Å². The molecule has 1 aliphatic heterocycles. The van der Waals surface area contributed by atoms with Crippen molar-refractivity contribution in [3.63, 3.8) is 0 Å². The molecule has 0 spiro atoms. The van der Waals surface area contributed by atoms with Crippen LogP contribution in [0.3, 0.4) is 0 Å². The predicted octanol–water partition coefficient (Wildman–Crippen LogP) is -0.444. The molecule has 1 atom stereocenters. The lowest BCUT2D eigenvalue weighted by Crippen LogP contribution is -2.37. The lowest BCUT2D eigenvalue weighted by atomic mass is 10.2. The van der Waals surface area contributed by atoms with E-state index in [0.29, 0.717) is 32.0 Å². The summed E-state index contributed by atoms with van der Waals surface area (Å²) in [5.74, 6) is -3.02. The van der Waals surface area contributed by atoms with Crippen LogP contribution in [0.15, 0.2) is 28.2 Å². The van der Waals surface area contributed by atoms with Gasteiger partial charge in [-0.25, -0.2) is 9.38 Å². The average Bonchev–Trinajstić information content (AvgIpc) is 2.71. The number of nitrogens with one attached hydrogen (secondary N) is 2. The summed E-state index contributed by atoms with van der Waals surface area (Å²) < 4.78 is 19.9. The number of halogens is 1. The number of amides is 2. The lowest BCUT2D eigenvalue weighted by Gasteiger charge is -2.29. The van der Waals surface area contributed by atoms with Crippen molar-refractivity contribution >= 4 is 40.7 Å². The first-order chi connectivity index (χ1) is 14.2. The normalized spacial score (nSPS) is 16.1. The van der Waals surface area contributed by atoms with E-state index < -0.39 is 29.4 Å². The molecule has 1 heterocycles. The molecule has 1 aromatic rings. The Hall–Kier alpha value is -3.54. The fourth-order valence-corrected chi connectivity index (χ4v) is 2.70. The zero-order chi connectivity index (χ0) is 22.3. The topological polar surface area (TPSA) is 185 Å². The Kier molecular flexibility index (Phi) is 7.81. The lowest BCUT2D eigenvalue weighted by molar-refractivity contribution is -0.119. The van der Waals surface area contributed by atoms with Gasteiger partial charge < -0.3 is 32.2 Å². The number of hydrogen-bond acceptors (Lipinski definition) is 6. The molecule has 2 rings (SSSR count). The van der Waals surface area contributed by atoms with Crippen molar-refractivity contribution < 1.29 is 18.7 Å². The van der Waals surface area contributed by atoms with Gasteiger partial charge in [0, 0.05) is 18.8 Å². The number of anilines is 2. The predicted molar refractivity (Wildman–Crippen MR) is 112 cm³/mol. The van der Waals surface area contributed by atoms with Crippen LogP contribution in [0.4, 0.5) is 15.8 Å². The molecule has 8 N–H and O–H groups in total. The number of ether oxygens (including phenoxy) is 1. The summed E-state index contributed by atoms with van der Waals surface area (Å²) in [7, 11) is 0. The maximum Gasteiger partial charge on any atom is 0.270 e. The fourth-order valence-electron chi connectivity index (χ4n) is 2.70. The van der Waals surface area contributed by atoms with Gasteiger partial charge >= 0.3 is 0 Å². The maximum absolute atomic E-state index is 14.6. The van der Waals surface area contributed by atoms with Crippen molar-refractivity contribution in [3.05, 3.63) is 24.0 Å². The Morgan fingerprint density at radius 2 is 1.97 bits per heavy atom. The highest BCUT2D eigenvalue weighted by molar-refractivity contribution is 6.67. The highest BCUT2D eigenvalue weighted by Gasteiger charge is 2.19. The Balaban J connectivity index is 2.29. The molecule has 1 aromatic carbocycles. The first-order valence-corrected chi connectivity index (χ1v) is 9.22. The molecular weight excluding hydrogens is 395 g/mol. The summed E-state index contributed by atoms with van der Waals surface area (Å²) in [5.41, 5.74) is 16.0. The van der Waals surface area contributed by atoms with Gasteiger partial charge in [0.2, 0.25) is 11.9 Å². The molecule has 30 heavy (non-hydrogen) atoms. The highest BCUT2D eigenvalue weighted by atomic mass is 19.1. The smallest absolute Gasteiger partial charge is 0.270 e. The molecule has 12 heteroatoms. The molecule has 2 amide bonds. The van der Waals surface area contributed by atoms with Crippen LogP contribution in [0, 0.1) is 11.2 Å². The number of hydrogen-bond donors (Lipinski definition) is 5. The minimum Gasteiger partial charge on any atom is -0.378 e. The van der Waals surface area contributed by atoms with Gasteiger partial charge in [-0.05, 0) is 24.6 Å². The maximum atomic E-state index is 14.6. The van der Waals surface area contributed by atoms with Crippen LogP contribution in [0.25, 0.3) is 0 Å². The highest BCUT2D eigenvalue weighted by Crippen LogP contribution is 2.23. The number of primary amides is 2. The number of rotatable bonds is 7. The van der Waals surface area contributed by atoms with Crippen molar-refractivity contribution in [2.24, 2.45) is 27.2 Å². The summed E-state index contributed by atoms with van der Waals surface area (Å²) in [4.78, 5) is 32.3. The number of nitrogens with two attached hydrogens (primary N) is 3. The molecule has 0 saturated carbocycles. The minimum absolute atomic E-state index is 0.212. The second kappa shape index (κ2) is 10.3. The van der Waals surface area contributed by atoms with Crippen LogP contribution in [0.2, 0.25) is 0 Å². The van der Waals surface area contributed by atoms with E-state index in [9.17, 15) is 14.0 Å². The third kappa shape index (κ3) is 5.98. The summed E-state index contributed by atoms with van der Waals surface area (Å²) in [6.45, 7) is 3.82. The van der Waals surface area contributed by atoms with Gasteiger partial charge in [0.05, 0.1) is 18.9 Å². The van der Waals surface area contributed by atoms with Crippen molar-refractivity contribution in [2.75, 3.05) is 36.5 Å². The largest absolute Gasteiger partial charge is 0.378 e. The van der Waals surface area contributed by atoms with E-state index in [4.69, 9.17) is 27.3 Å². The summed E-state index contributed by atoms with van der Waals surface area (Å²) in [5, 5.41) is 10.5. The molecule has 162 valence electrons. The molecule has 0 aliphatic carbocycles. The van der Waals surface area contributed by atoms with Gasteiger partial charge in [0.25, 0.3) is 5.91 Å². The minimum atomic E-state index is -1.08. The Morgan fingerprint density at radius 1 is 1.30 bits per heavy atom. The van der Waals surface area contributed by atoms with Gasteiger partial charge in [-0.1, -0.05) is 6.92 Å². The Morgan fingerprint density at radius 3 is 2.50 bits per heavy atom. The molecular formula is C18H25FN8O3. The number of amidine groups is 1. The zero-order valence-electron chi connectivity index (χ0n) is 16.5. The van der Waals surface area contributed by atoms with E-state index in [-0.39, 0.29) is 23.9 Å². The molecule has 0 unspecified atom stereocenters. The van der Waals surface area contributed by atoms with E-state index in [1.807, 2.05) is 4.90 Å². The average molecular weight is 420 g/mol.